The van der Waals surface area contributed by atoms with Gasteiger partial charge in [-0.15, -0.1) is 0 Å². The highest BCUT2D eigenvalue weighted by atomic mass is 19.1. The Morgan fingerprint density at radius 1 is 1.07 bits per heavy atom. The SMILES string of the molecule is Nc1c(F)c(NCCCc2ccccc2)c(F)c2c1c(=O)ccn2C1CCCC1. The zero-order chi connectivity index (χ0) is 20.4. The van der Waals surface area contributed by atoms with Crippen molar-refractivity contribution >= 4 is 22.3 Å². The lowest BCUT2D eigenvalue weighted by Gasteiger charge is -2.21. The van der Waals surface area contributed by atoms with Crippen LogP contribution in [-0.2, 0) is 6.42 Å². The monoisotopic (exact) mass is 397 g/mol. The normalized spacial score (nSPS) is 14.6. The van der Waals surface area contributed by atoms with Gasteiger partial charge in [0.2, 0.25) is 0 Å². The third kappa shape index (κ3) is 3.71. The molecular weight excluding hydrogens is 372 g/mol. The minimum absolute atomic E-state index is 0.0655. The standard InChI is InChI=1S/C23H25F2N3O/c24-19-21(26)18-17(29)12-14-28(16-10-4-5-11-16)23(18)20(25)22(19)27-13-6-9-15-7-2-1-3-8-15/h1-3,7-8,12,14,16,27H,4-6,9-11,13,26H2. The number of nitrogens with one attached hydrogen (secondary N) is 1. The number of hydrogen-bond acceptors (Lipinski definition) is 3. The minimum atomic E-state index is -0.893. The van der Waals surface area contributed by atoms with Gasteiger partial charge in [-0.3, -0.25) is 4.79 Å². The lowest BCUT2D eigenvalue weighted by Crippen LogP contribution is -2.17. The highest BCUT2D eigenvalue weighted by molar-refractivity contribution is 5.94. The van der Waals surface area contributed by atoms with Gasteiger partial charge in [0, 0.05) is 24.8 Å². The van der Waals surface area contributed by atoms with E-state index in [1.807, 2.05) is 30.3 Å². The second kappa shape index (κ2) is 8.23. The lowest BCUT2D eigenvalue weighted by atomic mass is 10.1. The van der Waals surface area contributed by atoms with Crippen molar-refractivity contribution in [3.05, 3.63) is 70.0 Å². The van der Waals surface area contributed by atoms with Crippen LogP contribution < -0.4 is 16.5 Å². The van der Waals surface area contributed by atoms with E-state index >= 15 is 4.39 Å². The smallest absolute Gasteiger partial charge is 0.191 e. The number of nitrogen functional groups attached to an aromatic ring is 1. The van der Waals surface area contributed by atoms with Crippen LogP contribution in [0.4, 0.5) is 20.2 Å². The summed E-state index contributed by atoms with van der Waals surface area (Å²) in [6.45, 7) is 0.397. The van der Waals surface area contributed by atoms with Crippen molar-refractivity contribution in [3.8, 4) is 0 Å². The Hall–Kier alpha value is -2.89. The molecule has 0 amide bonds. The molecule has 0 spiro atoms. The first-order valence-electron chi connectivity index (χ1n) is 10.2. The fourth-order valence-corrected chi connectivity index (χ4v) is 4.29. The minimum Gasteiger partial charge on any atom is -0.396 e. The van der Waals surface area contributed by atoms with Gasteiger partial charge in [-0.25, -0.2) is 8.78 Å². The van der Waals surface area contributed by atoms with Crippen molar-refractivity contribution in [2.45, 2.75) is 44.6 Å². The van der Waals surface area contributed by atoms with Crippen molar-refractivity contribution < 1.29 is 8.78 Å². The predicted molar refractivity (Wildman–Crippen MR) is 113 cm³/mol. The number of hydrogen-bond donors (Lipinski definition) is 2. The number of anilines is 2. The number of halogens is 2. The van der Waals surface area contributed by atoms with Crippen LogP contribution in [0.3, 0.4) is 0 Å². The fourth-order valence-electron chi connectivity index (χ4n) is 4.29. The number of rotatable bonds is 6. The van der Waals surface area contributed by atoms with E-state index in [9.17, 15) is 9.18 Å². The molecule has 0 unspecified atom stereocenters. The summed E-state index contributed by atoms with van der Waals surface area (Å²) in [4.78, 5) is 12.4. The molecule has 1 saturated carbocycles. The first-order chi connectivity index (χ1) is 14.1. The van der Waals surface area contributed by atoms with E-state index in [1.165, 1.54) is 11.6 Å². The van der Waals surface area contributed by atoms with Gasteiger partial charge in [0.25, 0.3) is 0 Å². The molecule has 3 aromatic rings. The summed E-state index contributed by atoms with van der Waals surface area (Å²) in [7, 11) is 0. The van der Waals surface area contributed by atoms with Gasteiger partial charge < -0.3 is 15.6 Å². The van der Waals surface area contributed by atoms with Gasteiger partial charge >= 0.3 is 0 Å². The Balaban J connectivity index is 1.67. The van der Waals surface area contributed by atoms with E-state index in [4.69, 9.17) is 5.73 Å². The van der Waals surface area contributed by atoms with Crippen molar-refractivity contribution in [1.82, 2.24) is 4.57 Å². The molecule has 1 aromatic heterocycles. The number of nitrogens with two attached hydrogens (primary N) is 1. The summed E-state index contributed by atoms with van der Waals surface area (Å²) >= 11 is 0. The Bertz CT molecular complexity index is 1070. The molecule has 1 aliphatic rings. The van der Waals surface area contributed by atoms with Crippen molar-refractivity contribution in [2.75, 3.05) is 17.6 Å². The maximum atomic E-state index is 15.4. The van der Waals surface area contributed by atoms with E-state index in [2.05, 4.69) is 5.32 Å². The van der Waals surface area contributed by atoms with Crippen LogP contribution in [0.1, 0.15) is 43.7 Å². The van der Waals surface area contributed by atoms with Crippen LogP contribution in [0.2, 0.25) is 0 Å². The number of fused-ring (bicyclic) bond motifs is 1. The van der Waals surface area contributed by atoms with Crippen LogP contribution >= 0.6 is 0 Å². The molecule has 1 fully saturated rings. The summed E-state index contributed by atoms with van der Waals surface area (Å²) in [5.41, 5.74) is 6.24. The molecule has 0 saturated heterocycles. The molecule has 152 valence electrons. The predicted octanol–water partition coefficient (Wildman–Crippen LogP) is 5.02. The summed E-state index contributed by atoms with van der Waals surface area (Å²) in [5.74, 6) is -1.63. The Morgan fingerprint density at radius 3 is 2.52 bits per heavy atom. The molecule has 3 N–H and O–H groups in total. The van der Waals surface area contributed by atoms with Gasteiger partial charge in [0.05, 0.1) is 16.6 Å². The van der Waals surface area contributed by atoms with E-state index in [1.54, 1.807) is 10.8 Å². The topological polar surface area (TPSA) is 60.0 Å². The molecule has 0 aliphatic heterocycles. The van der Waals surface area contributed by atoms with Gasteiger partial charge in [-0.05, 0) is 31.2 Å². The average molecular weight is 397 g/mol. The Labute approximate surface area is 168 Å². The van der Waals surface area contributed by atoms with Crippen molar-refractivity contribution in [3.63, 3.8) is 0 Å². The first-order valence-corrected chi connectivity index (χ1v) is 10.2. The zero-order valence-electron chi connectivity index (χ0n) is 16.3. The van der Waals surface area contributed by atoms with Gasteiger partial charge in [-0.2, -0.15) is 0 Å². The summed E-state index contributed by atoms with van der Waals surface area (Å²) in [5, 5.41) is 2.81. The van der Waals surface area contributed by atoms with E-state index < -0.39 is 17.1 Å². The number of pyridine rings is 1. The van der Waals surface area contributed by atoms with Gasteiger partial charge in [0.1, 0.15) is 5.69 Å². The summed E-state index contributed by atoms with van der Waals surface area (Å²) in [6.07, 6.45) is 7.06. The molecular formula is C23H25F2N3O. The maximum absolute atomic E-state index is 15.4. The molecule has 1 aliphatic carbocycles. The average Bonchev–Trinajstić information content (AvgIpc) is 3.27. The summed E-state index contributed by atoms with van der Waals surface area (Å²) < 4.78 is 32.1. The van der Waals surface area contributed by atoms with E-state index in [-0.39, 0.29) is 28.3 Å². The second-order valence-corrected chi connectivity index (χ2v) is 7.68. The molecule has 0 atom stereocenters. The third-order valence-electron chi connectivity index (χ3n) is 5.79. The van der Waals surface area contributed by atoms with Crippen LogP contribution in [0, 0.1) is 11.6 Å². The Morgan fingerprint density at radius 2 is 1.79 bits per heavy atom. The number of aryl methyl sites for hydroxylation is 1. The Kier molecular flexibility index (Phi) is 5.51. The number of aromatic nitrogens is 1. The molecule has 2 aromatic carbocycles. The zero-order valence-corrected chi connectivity index (χ0v) is 16.3. The van der Waals surface area contributed by atoms with Gasteiger partial charge in [0.15, 0.2) is 17.1 Å². The second-order valence-electron chi connectivity index (χ2n) is 7.68. The first kappa shape index (κ1) is 19.4. The van der Waals surface area contributed by atoms with Crippen LogP contribution in [0.5, 0.6) is 0 Å². The molecule has 4 rings (SSSR count). The highest BCUT2D eigenvalue weighted by Crippen LogP contribution is 2.37. The van der Waals surface area contributed by atoms with Crippen LogP contribution in [0.15, 0.2) is 47.4 Å². The molecule has 6 heteroatoms. The highest BCUT2D eigenvalue weighted by Gasteiger charge is 2.25. The van der Waals surface area contributed by atoms with Crippen LogP contribution in [-0.4, -0.2) is 11.1 Å². The molecule has 4 nitrogen and oxygen atoms in total. The number of nitrogens with zero attached hydrogens (tertiary/aromatic N) is 1. The molecule has 29 heavy (non-hydrogen) atoms. The third-order valence-corrected chi connectivity index (χ3v) is 5.79. The lowest BCUT2D eigenvalue weighted by molar-refractivity contribution is 0.518. The molecule has 0 radical (unpaired) electrons. The quantitative estimate of drug-likeness (QED) is 0.453. The van der Waals surface area contributed by atoms with Gasteiger partial charge in [-0.1, -0.05) is 43.2 Å². The largest absolute Gasteiger partial charge is 0.396 e. The maximum Gasteiger partial charge on any atom is 0.191 e. The van der Waals surface area contributed by atoms with E-state index in [0.29, 0.717) is 13.0 Å². The molecule has 0 bridgehead atoms. The van der Waals surface area contributed by atoms with Crippen LogP contribution in [0.25, 0.3) is 10.9 Å². The van der Waals surface area contributed by atoms with Crippen molar-refractivity contribution in [2.24, 2.45) is 0 Å². The summed E-state index contributed by atoms with van der Waals surface area (Å²) in [6, 6.07) is 11.4. The molecule has 1 heterocycles. The van der Waals surface area contributed by atoms with Crippen molar-refractivity contribution in [1.29, 1.82) is 0 Å². The number of benzene rings is 2. The van der Waals surface area contributed by atoms with E-state index in [0.717, 1.165) is 32.1 Å². The fraction of sp³-hybridized carbons (Fsp3) is 0.348.